The molecule has 0 aliphatic carbocycles. The van der Waals surface area contributed by atoms with Crippen molar-refractivity contribution >= 4 is 22.8 Å². The molecule has 2 heterocycles. The first kappa shape index (κ1) is 17.0. The van der Waals surface area contributed by atoms with E-state index < -0.39 is 5.60 Å². The number of rotatable bonds is 3. The summed E-state index contributed by atoms with van der Waals surface area (Å²) in [5.74, 6) is 1.22. The number of piperidine rings is 1. The zero-order valence-electron chi connectivity index (χ0n) is 14.0. The fourth-order valence-electron chi connectivity index (χ4n) is 2.62. The highest BCUT2D eigenvalue weighted by atomic mass is 32.1. The molecule has 0 aromatic carbocycles. The molecule has 124 valence electrons. The van der Waals surface area contributed by atoms with E-state index >= 15 is 0 Å². The van der Waals surface area contributed by atoms with Gasteiger partial charge in [0.2, 0.25) is 5.13 Å². The number of carbonyl (C=O) groups excluding carboxylic acids is 1. The van der Waals surface area contributed by atoms with Crippen LogP contribution in [0.5, 0.6) is 0 Å². The Morgan fingerprint density at radius 3 is 2.82 bits per heavy atom. The molecular formula is C15H26N4O2S. The predicted octanol–water partition coefficient (Wildman–Crippen LogP) is 2.98. The molecule has 0 unspecified atom stereocenters. The molecule has 0 saturated carbocycles. The van der Waals surface area contributed by atoms with Crippen molar-refractivity contribution in [2.45, 2.75) is 59.1 Å². The van der Waals surface area contributed by atoms with E-state index in [0.29, 0.717) is 5.92 Å². The lowest BCUT2D eigenvalue weighted by molar-refractivity contribution is 0.0489. The van der Waals surface area contributed by atoms with Crippen molar-refractivity contribution < 1.29 is 9.53 Å². The first-order valence-corrected chi connectivity index (χ1v) is 8.57. The summed E-state index contributed by atoms with van der Waals surface area (Å²) in [7, 11) is 0. The quantitative estimate of drug-likeness (QED) is 0.925. The van der Waals surface area contributed by atoms with Gasteiger partial charge in [0.15, 0.2) is 0 Å². The topological polar surface area (TPSA) is 67.4 Å². The van der Waals surface area contributed by atoms with E-state index in [2.05, 4.69) is 19.6 Å². The fourth-order valence-corrected chi connectivity index (χ4v) is 3.33. The molecule has 1 fully saturated rings. The summed E-state index contributed by atoms with van der Waals surface area (Å²) in [4.78, 5) is 18.6. The van der Waals surface area contributed by atoms with Crippen molar-refractivity contribution in [3.63, 3.8) is 0 Å². The summed E-state index contributed by atoms with van der Waals surface area (Å²) < 4.78 is 9.58. The Bertz CT molecular complexity index is 512. The van der Waals surface area contributed by atoms with Gasteiger partial charge in [0.1, 0.15) is 11.4 Å². The molecule has 2 rings (SSSR count). The van der Waals surface area contributed by atoms with Crippen molar-refractivity contribution in [3.8, 4) is 0 Å². The molecule has 1 aliphatic heterocycles. The highest BCUT2D eigenvalue weighted by molar-refractivity contribution is 7.09. The fraction of sp³-hybridized carbons (Fsp3) is 0.800. The molecule has 6 nitrogen and oxygen atoms in total. The summed E-state index contributed by atoms with van der Waals surface area (Å²) in [6.07, 6.45) is 1.86. The van der Waals surface area contributed by atoms with Crippen LogP contribution in [0.25, 0.3) is 0 Å². The Balaban J connectivity index is 1.90. The van der Waals surface area contributed by atoms with Gasteiger partial charge in [0.25, 0.3) is 0 Å². The normalized spacial score (nSPS) is 20.6. The minimum absolute atomic E-state index is 0.0756. The number of hydrogen-bond acceptors (Lipinski definition) is 6. The second-order valence-electron chi connectivity index (χ2n) is 6.91. The third-order valence-corrected chi connectivity index (χ3v) is 4.57. The van der Waals surface area contributed by atoms with Crippen LogP contribution < -0.4 is 10.2 Å². The summed E-state index contributed by atoms with van der Waals surface area (Å²) in [5.41, 5.74) is -0.466. The SMILES string of the molecule is Cc1nsc(N2CCC[C@@H]([C@H](C)NC(=O)OC(C)(C)C)C2)n1. The molecule has 1 aromatic rings. The van der Waals surface area contributed by atoms with Gasteiger partial charge in [0.05, 0.1) is 0 Å². The van der Waals surface area contributed by atoms with E-state index in [1.54, 1.807) is 0 Å². The van der Waals surface area contributed by atoms with Crippen molar-refractivity contribution in [1.29, 1.82) is 0 Å². The van der Waals surface area contributed by atoms with Crippen LogP contribution in [0, 0.1) is 12.8 Å². The maximum absolute atomic E-state index is 11.9. The largest absolute Gasteiger partial charge is 0.444 e. The second kappa shape index (κ2) is 6.81. The maximum Gasteiger partial charge on any atom is 0.407 e. The maximum atomic E-state index is 11.9. The predicted molar refractivity (Wildman–Crippen MR) is 88.4 cm³/mol. The first-order valence-electron chi connectivity index (χ1n) is 7.79. The van der Waals surface area contributed by atoms with Gasteiger partial charge in [-0.3, -0.25) is 0 Å². The number of aryl methyl sites for hydroxylation is 1. The van der Waals surface area contributed by atoms with Crippen LogP contribution in [0.3, 0.4) is 0 Å². The molecule has 7 heteroatoms. The number of nitrogens with one attached hydrogen (secondary N) is 1. The van der Waals surface area contributed by atoms with Crippen molar-refractivity contribution in [3.05, 3.63) is 5.82 Å². The van der Waals surface area contributed by atoms with Gasteiger partial charge in [0, 0.05) is 30.7 Å². The monoisotopic (exact) mass is 326 g/mol. The number of anilines is 1. The number of ether oxygens (including phenoxy) is 1. The molecule has 0 bridgehead atoms. The zero-order valence-corrected chi connectivity index (χ0v) is 14.9. The van der Waals surface area contributed by atoms with Crippen LogP contribution in [0.1, 0.15) is 46.4 Å². The number of nitrogens with zero attached hydrogens (tertiary/aromatic N) is 3. The van der Waals surface area contributed by atoms with Gasteiger partial charge in [-0.1, -0.05) is 0 Å². The van der Waals surface area contributed by atoms with Crippen LogP contribution in [0.2, 0.25) is 0 Å². The summed E-state index contributed by atoms with van der Waals surface area (Å²) in [5, 5.41) is 3.94. The van der Waals surface area contributed by atoms with E-state index in [4.69, 9.17) is 4.74 Å². The summed E-state index contributed by atoms with van der Waals surface area (Å²) >= 11 is 1.44. The number of hydrogen-bond donors (Lipinski definition) is 1. The van der Waals surface area contributed by atoms with Crippen LogP contribution in [0.15, 0.2) is 0 Å². The number of alkyl carbamates (subject to hydrolysis) is 1. The van der Waals surface area contributed by atoms with Crippen LogP contribution >= 0.6 is 11.5 Å². The molecule has 1 N–H and O–H groups in total. The third-order valence-electron chi connectivity index (χ3n) is 3.70. The molecule has 22 heavy (non-hydrogen) atoms. The first-order chi connectivity index (χ1) is 10.2. The van der Waals surface area contributed by atoms with Crippen LogP contribution in [-0.4, -0.2) is 40.2 Å². The average Bonchev–Trinajstić information content (AvgIpc) is 2.83. The molecule has 0 radical (unpaired) electrons. The van der Waals surface area contributed by atoms with Crippen LogP contribution in [-0.2, 0) is 4.74 Å². The summed E-state index contributed by atoms with van der Waals surface area (Å²) in [6, 6.07) is 0.0756. The minimum Gasteiger partial charge on any atom is -0.444 e. The third kappa shape index (κ3) is 4.83. The number of carbonyl (C=O) groups is 1. The zero-order chi connectivity index (χ0) is 16.3. The van der Waals surface area contributed by atoms with Gasteiger partial charge in [-0.15, -0.1) is 0 Å². The Morgan fingerprint density at radius 1 is 1.50 bits per heavy atom. The van der Waals surface area contributed by atoms with Crippen LogP contribution in [0.4, 0.5) is 9.93 Å². The van der Waals surface area contributed by atoms with Crippen molar-refractivity contribution in [1.82, 2.24) is 14.7 Å². The lowest BCUT2D eigenvalue weighted by Crippen LogP contribution is -2.47. The molecule has 1 saturated heterocycles. The molecule has 0 spiro atoms. The van der Waals surface area contributed by atoms with Crippen molar-refractivity contribution in [2.24, 2.45) is 5.92 Å². The van der Waals surface area contributed by atoms with Gasteiger partial charge in [-0.25, -0.2) is 9.78 Å². The number of amides is 1. The lowest BCUT2D eigenvalue weighted by atomic mass is 9.92. The Hall–Kier alpha value is -1.37. The van der Waals surface area contributed by atoms with Gasteiger partial charge in [-0.05, 0) is 53.4 Å². The minimum atomic E-state index is -0.466. The van der Waals surface area contributed by atoms with E-state index in [1.807, 2.05) is 34.6 Å². The molecule has 1 aliphatic rings. The highest BCUT2D eigenvalue weighted by Crippen LogP contribution is 2.26. The second-order valence-corrected chi connectivity index (χ2v) is 7.64. The smallest absolute Gasteiger partial charge is 0.407 e. The lowest BCUT2D eigenvalue weighted by Gasteiger charge is -2.35. The Kier molecular flexibility index (Phi) is 5.26. The van der Waals surface area contributed by atoms with Gasteiger partial charge in [-0.2, -0.15) is 4.37 Å². The van der Waals surface area contributed by atoms with Gasteiger partial charge < -0.3 is 15.0 Å². The van der Waals surface area contributed by atoms with E-state index in [9.17, 15) is 4.79 Å². The molecule has 1 amide bonds. The van der Waals surface area contributed by atoms with E-state index in [-0.39, 0.29) is 12.1 Å². The molecule has 2 atom stereocenters. The van der Waals surface area contributed by atoms with Gasteiger partial charge >= 0.3 is 6.09 Å². The highest BCUT2D eigenvalue weighted by Gasteiger charge is 2.28. The van der Waals surface area contributed by atoms with Crippen molar-refractivity contribution in [2.75, 3.05) is 18.0 Å². The summed E-state index contributed by atoms with van der Waals surface area (Å²) in [6.45, 7) is 11.5. The van der Waals surface area contributed by atoms with E-state index in [0.717, 1.165) is 36.9 Å². The number of aromatic nitrogens is 2. The Morgan fingerprint density at radius 2 is 2.23 bits per heavy atom. The molecular weight excluding hydrogens is 300 g/mol. The molecule has 1 aromatic heterocycles. The Labute approximate surface area is 136 Å². The standard InChI is InChI=1S/C15H26N4O2S/c1-10(16-14(20)21-15(3,4)5)12-7-6-8-19(9-12)13-17-11(2)18-22-13/h10,12H,6-9H2,1-5H3,(H,16,20)/t10-,12+/m0/s1. The average molecular weight is 326 g/mol. The van der Waals surface area contributed by atoms with E-state index in [1.165, 1.54) is 11.5 Å².